The molecule has 0 aliphatic heterocycles. The van der Waals surface area contributed by atoms with E-state index in [4.69, 9.17) is 10.2 Å². The zero-order valence-electron chi connectivity index (χ0n) is 10.2. The van der Waals surface area contributed by atoms with Gasteiger partial charge in [-0.3, -0.25) is 10.1 Å². The second kappa shape index (κ2) is 5.69. The van der Waals surface area contributed by atoms with Gasteiger partial charge in [0.2, 0.25) is 0 Å². The van der Waals surface area contributed by atoms with Gasteiger partial charge in [0.25, 0.3) is 0 Å². The lowest BCUT2D eigenvalue weighted by atomic mass is 10.0. The number of carbonyl (C=O) groups is 1. The van der Waals surface area contributed by atoms with Crippen molar-refractivity contribution in [1.29, 1.82) is 0 Å². The Bertz CT molecular complexity index is 597. The molecule has 0 aromatic heterocycles. The van der Waals surface area contributed by atoms with Crippen LogP contribution in [0.4, 0.5) is 0 Å². The van der Waals surface area contributed by atoms with Gasteiger partial charge in [-0.1, -0.05) is 30.3 Å². The number of phenolic OH excluding ortho intramolecular Hbond substituents is 1. The summed E-state index contributed by atoms with van der Waals surface area (Å²) in [6, 6.07) is 9.86. The first kappa shape index (κ1) is 13.3. The van der Waals surface area contributed by atoms with Crippen LogP contribution in [0.3, 0.4) is 0 Å². The summed E-state index contributed by atoms with van der Waals surface area (Å²) in [5.41, 5.74) is 0.623. The summed E-state index contributed by atoms with van der Waals surface area (Å²) in [7, 11) is 0. The van der Waals surface area contributed by atoms with Crippen molar-refractivity contribution in [3.05, 3.63) is 42.0 Å². The van der Waals surface area contributed by atoms with Crippen LogP contribution in [0.1, 0.15) is 5.56 Å². The number of carboxylic acid groups (broad SMARTS) is 1. The first-order valence-corrected chi connectivity index (χ1v) is 5.90. The number of carboxylic acids is 1. The average Bonchev–Trinajstić information content (AvgIpc) is 2.41. The first-order valence-electron chi connectivity index (χ1n) is 5.90. The fourth-order valence-corrected chi connectivity index (χ4v) is 1.97. The summed E-state index contributed by atoms with van der Waals surface area (Å²) >= 11 is 0. The molecular formula is C14H15NO4. The van der Waals surface area contributed by atoms with E-state index in [1.165, 1.54) is 0 Å². The number of nitrogens with one attached hydrogen (secondary N) is 1. The summed E-state index contributed by atoms with van der Waals surface area (Å²) in [6.07, 6.45) is 0. The number of phenols is 1. The summed E-state index contributed by atoms with van der Waals surface area (Å²) in [5.74, 6) is -1.02. The zero-order chi connectivity index (χ0) is 13.8. The zero-order valence-corrected chi connectivity index (χ0v) is 10.2. The number of aliphatic hydroxyl groups excluding tert-OH is 1. The lowest BCUT2D eigenvalue weighted by Crippen LogP contribution is -2.39. The summed E-state index contributed by atoms with van der Waals surface area (Å²) in [6.45, 7) is -0.328. The number of rotatable bonds is 5. The van der Waals surface area contributed by atoms with Crippen LogP contribution in [0.5, 0.6) is 5.75 Å². The lowest BCUT2D eigenvalue weighted by molar-refractivity contribution is -0.140. The van der Waals surface area contributed by atoms with Crippen molar-refractivity contribution in [2.24, 2.45) is 0 Å². The lowest BCUT2D eigenvalue weighted by Gasteiger charge is -2.14. The molecule has 0 saturated heterocycles. The number of aliphatic hydroxyl groups is 1. The largest absolute Gasteiger partial charge is 0.508 e. The number of fused-ring (bicyclic) bond motifs is 1. The molecule has 4 N–H and O–H groups in total. The van der Waals surface area contributed by atoms with Crippen LogP contribution in [0.25, 0.3) is 10.8 Å². The third kappa shape index (κ3) is 2.83. The van der Waals surface area contributed by atoms with E-state index in [-0.39, 0.29) is 12.3 Å². The summed E-state index contributed by atoms with van der Waals surface area (Å²) < 4.78 is 0. The van der Waals surface area contributed by atoms with E-state index in [0.717, 1.165) is 10.8 Å². The Morgan fingerprint density at radius 3 is 2.63 bits per heavy atom. The molecule has 0 radical (unpaired) electrons. The fourth-order valence-electron chi connectivity index (χ4n) is 1.97. The van der Waals surface area contributed by atoms with Gasteiger partial charge in [0.05, 0.1) is 6.61 Å². The van der Waals surface area contributed by atoms with Crippen LogP contribution in [-0.4, -0.2) is 33.9 Å². The normalized spacial score (nSPS) is 12.5. The molecule has 19 heavy (non-hydrogen) atoms. The molecule has 2 aromatic rings. The number of hydrogen-bond donors (Lipinski definition) is 4. The van der Waals surface area contributed by atoms with Crippen molar-refractivity contribution in [2.45, 2.75) is 12.6 Å². The van der Waals surface area contributed by atoms with E-state index >= 15 is 0 Å². The molecule has 2 aromatic carbocycles. The quantitative estimate of drug-likeness (QED) is 0.646. The molecule has 1 unspecified atom stereocenters. The molecule has 100 valence electrons. The topological polar surface area (TPSA) is 89.8 Å². The van der Waals surface area contributed by atoms with Crippen molar-refractivity contribution in [3.63, 3.8) is 0 Å². The van der Waals surface area contributed by atoms with Crippen molar-refractivity contribution >= 4 is 16.7 Å². The van der Waals surface area contributed by atoms with Crippen molar-refractivity contribution < 1.29 is 20.1 Å². The minimum Gasteiger partial charge on any atom is -0.508 e. The predicted octanol–water partition coefficient (Wildman–Crippen LogP) is 1.08. The molecule has 0 aliphatic carbocycles. The molecule has 0 heterocycles. The molecule has 0 bridgehead atoms. The van der Waals surface area contributed by atoms with Gasteiger partial charge >= 0.3 is 5.97 Å². The van der Waals surface area contributed by atoms with Gasteiger partial charge in [-0.25, -0.2) is 0 Å². The molecule has 0 spiro atoms. The second-order valence-corrected chi connectivity index (χ2v) is 4.24. The summed E-state index contributed by atoms with van der Waals surface area (Å²) in [4.78, 5) is 10.8. The third-order valence-corrected chi connectivity index (χ3v) is 3.02. The molecule has 5 nitrogen and oxygen atoms in total. The van der Waals surface area contributed by atoms with Crippen molar-refractivity contribution in [2.75, 3.05) is 6.61 Å². The average molecular weight is 261 g/mol. The molecule has 1 atom stereocenters. The highest BCUT2D eigenvalue weighted by Crippen LogP contribution is 2.26. The Labute approximate surface area is 110 Å². The van der Waals surface area contributed by atoms with Crippen molar-refractivity contribution in [1.82, 2.24) is 5.32 Å². The van der Waals surface area contributed by atoms with Gasteiger partial charge in [-0.15, -0.1) is 0 Å². The fraction of sp³-hybridized carbons (Fsp3) is 0.214. The van der Waals surface area contributed by atoms with Gasteiger partial charge in [-0.2, -0.15) is 0 Å². The van der Waals surface area contributed by atoms with Crippen LogP contribution in [0, 0.1) is 0 Å². The van der Waals surface area contributed by atoms with Gasteiger partial charge < -0.3 is 15.3 Å². The Balaban J connectivity index is 2.29. The van der Waals surface area contributed by atoms with Crippen molar-refractivity contribution in [3.8, 4) is 5.75 Å². The van der Waals surface area contributed by atoms with E-state index in [1.54, 1.807) is 12.1 Å². The number of hydrogen-bond acceptors (Lipinski definition) is 4. The predicted molar refractivity (Wildman–Crippen MR) is 71.0 cm³/mol. The molecular weight excluding hydrogens is 246 g/mol. The molecule has 0 fully saturated rings. The monoisotopic (exact) mass is 261 g/mol. The highest BCUT2D eigenvalue weighted by molar-refractivity contribution is 5.87. The molecule has 0 aliphatic rings. The van der Waals surface area contributed by atoms with Crippen LogP contribution in [-0.2, 0) is 11.3 Å². The molecule has 5 heteroatoms. The molecule has 0 amide bonds. The van der Waals surface area contributed by atoms with E-state index in [1.807, 2.05) is 24.3 Å². The Morgan fingerprint density at radius 2 is 1.95 bits per heavy atom. The number of benzene rings is 2. The highest BCUT2D eigenvalue weighted by Gasteiger charge is 2.16. The maximum absolute atomic E-state index is 10.8. The minimum absolute atomic E-state index is 0.105. The summed E-state index contributed by atoms with van der Waals surface area (Å²) in [5, 5.41) is 32.2. The Kier molecular flexibility index (Phi) is 3.99. The first-order chi connectivity index (χ1) is 9.13. The van der Waals surface area contributed by atoms with E-state index < -0.39 is 18.6 Å². The molecule has 2 rings (SSSR count). The smallest absolute Gasteiger partial charge is 0.323 e. The standard InChI is InChI=1S/C14H15NO4/c16-8-12(14(18)19)15-7-11-10-4-2-1-3-9(10)5-6-13(11)17/h1-6,12,15-17H,7-8H2,(H,18,19). The van der Waals surface area contributed by atoms with Gasteiger partial charge in [-0.05, 0) is 16.8 Å². The highest BCUT2D eigenvalue weighted by atomic mass is 16.4. The minimum atomic E-state index is -1.12. The van der Waals surface area contributed by atoms with Crippen LogP contribution in [0.2, 0.25) is 0 Å². The van der Waals surface area contributed by atoms with E-state index in [2.05, 4.69) is 5.32 Å². The molecule has 0 saturated carbocycles. The maximum Gasteiger partial charge on any atom is 0.323 e. The van der Waals surface area contributed by atoms with Crippen LogP contribution >= 0.6 is 0 Å². The number of aliphatic carboxylic acids is 1. The van der Waals surface area contributed by atoms with Gasteiger partial charge in [0, 0.05) is 12.1 Å². The number of aromatic hydroxyl groups is 1. The Morgan fingerprint density at radius 1 is 1.21 bits per heavy atom. The van der Waals surface area contributed by atoms with E-state index in [9.17, 15) is 9.90 Å². The van der Waals surface area contributed by atoms with E-state index in [0.29, 0.717) is 5.56 Å². The second-order valence-electron chi connectivity index (χ2n) is 4.24. The van der Waals surface area contributed by atoms with Crippen LogP contribution in [0.15, 0.2) is 36.4 Å². The van der Waals surface area contributed by atoms with Gasteiger partial charge in [0.15, 0.2) is 0 Å². The van der Waals surface area contributed by atoms with Crippen LogP contribution < -0.4 is 5.32 Å². The Hall–Kier alpha value is -2.11. The van der Waals surface area contributed by atoms with Gasteiger partial charge in [0.1, 0.15) is 11.8 Å². The maximum atomic E-state index is 10.8. The third-order valence-electron chi connectivity index (χ3n) is 3.02. The SMILES string of the molecule is O=C(O)C(CO)NCc1c(O)ccc2ccccc12.